The van der Waals surface area contributed by atoms with Crippen LogP contribution in [0.15, 0.2) is 0 Å². The van der Waals surface area contributed by atoms with Crippen molar-refractivity contribution < 1.29 is 9.53 Å². The Morgan fingerprint density at radius 1 is 1.15 bits per heavy atom. The van der Waals surface area contributed by atoms with Crippen LogP contribution < -0.4 is 10.6 Å². The minimum Gasteiger partial charge on any atom is -0.444 e. The predicted molar refractivity (Wildman–Crippen MR) is 79.9 cm³/mol. The highest BCUT2D eigenvalue weighted by molar-refractivity contribution is 5.68. The molecule has 1 saturated carbocycles. The fourth-order valence-electron chi connectivity index (χ4n) is 3.11. The summed E-state index contributed by atoms with van der Waals surface area (Å²) in [5.74, 6) is 0. The number of rotatable bonds is 2. The number of alkyl carbamates (subject to hydrolysis) is 1. The highest BCUT2D eigenvalue weighted by atomic mass is 16.6. The van der Waals surface area contributed by atoms with Crippen molar-refractivity contribution in [3.63, 3.8) is 0 Å². The number of piperazine rings is 1. The summed E-state index contributed by atoms with van der Waals surface area (Å²) < 4.78 is 5.31. The molecule has 1 amide bonds. The van der Waals surface area contributed by atoms with E-state index in [4.69, 9.17) is 4.74 Å². The van der Waals surface area contributed by atoms with Gasteiger partial charge in [0.2, 0.25) is 0 Å². The van der Waals surface area contributed by atoms with Gasteiger partial charge in [-0.2, -0.15) is 0 Å². The maximum Gasteiger partial charge on any atom is 0.407 e. The summed E-state index contributed by atoms with van der Waals surface area (Å²) in [6.07, 6.45) is 4.21. The SMILES string of the molecule is CC(C)(C)OC(=O)NC1CCC(N2CCNCC2)CC1. The Bertz CT molecular complexity index is 314. The molecular formula is C15H29N3O2. The third-order valence-corrected chi connectivity index (χ3v) is 4.09. The second-order valence-electron chi connectivity index (χ2n) is 6.94. The van der Waals surface area contributed by atoms with Crippen LogP contribution in [0.1, 0.15) is 46.5 Å². The summed E-state index contributed by atoms with van der Waals surface area (Å²) >= 11 is 0. The molecule has 2 aliphatic rings. The lowest BCUT2D eigenvalue weighted by Gasteiger charge is -2.39. The molecule has 1 aliphatic carbocycles. The van der Waals surface area contributed by atoms with Crippen molar-refractivity contribution in [2.75, 3.05) is 26.2 Å². The van der Waals surface area contributed by atoms with Gasteiger partial charge in [0.05, 0.1) is 0 Å². The van der Waals surface area contributed by atoms with Crippen LogP contribution in [0.4, 0.5) is 4.79 Å². The van der Waals surface area contributed by atoms with E-state index in [9.17, 15) is 4.79 Å². The average molecular weight is 283 g/mol. The van der Waals surface area contributed by atoms with Crippen LogP contribution in [0.25, 0.3) is 0 Å². The summed E-state index contributed by atoms with van der Waals surface area (Å²) in [5.41, 5.74) is -0.415. The van der Waals surface area contributed by atoms with Gasteiger partial charge in [-0.05, 0) is 46.5 Å². The predicted octanol–water partition coefficient (Wildman–Crippen LogP) is 1.73. The zero-order valence-corrected chi connectivity index (χ0v) is 13.1. The van der Waals surface area contributed by atoms with E-state index in [1.54, 1.807) is 0 Å². The van der Waals surface area contributed by atoms with Gasteiger partial charge in [-0.25, -0.2) is 4.79 Å². The van der Waals surface area contributed by atoms with E-state index in [2.05, 4.69) is 15.5 Å². The second-order valence-corrected chi connectivity index (χ2v) is 6.94. The standard InChI is InChI=1S/C15H29N3O2/c1-15(2,3)20-14(19)17-12-4-6-13(7-5-12)18-10-8-16-9-11-18/h12-13,16H,4-11H2,1-3H3,(H,17,19). The lowest BCUT2D eigenvalue weighted by atomic mass is 9.90. The Morgan fingerprint density at radius 2 is 1.75 bits per heavy atom. The Balaban J connectivity index is 1.70. The van der Waals surface area contributed by atoms with Crippen molar-refractivity contribution in [3.8, 4) is 0 Å². The molecule has 2 rings (SSSR count). The van der Waals surface area contributed by atoms with E-state index in [0.717, 1.165) is 39.0 Å². The minimum atomic E-state index is -0.415. The van der Waals surface area contributed by atoms with E-state index < -0.39 is 5.60 Å². The summed E-state index contributed by atoms with van der Waals surface area (Å²) in [6.45, 7) is 10.2. The molecule has 0 aromatic rings. The Kier molecular flexibility index (Phi) is 5.27. The van der Waals surface area contributed by atoms with Gasteiger partial charge in [-0.15, -0.1) is 0 Å². The molecule has 2 fully saturated rings. The molecule has 1 saturated heterocycles. The highest BCUT2D eigenvalue weighted by Gasteiger charge is 2.28. The Labute approximate surface area is 122 Å². The van der Waals surface area contributed by atoms with Gasteiger partial charge in [-0.1, -0.05) is 0 Å². The number of carbonyl (C=O) groups is 1. The first-order chi connectivity index (χ1) is 9.44. The van der Waals surface area contributed by atoms with Crippen LogP contribution in [-0.2, 0) is 4.74 Å². The number of nitrogens with zero attached hydrogens (tertiary/aromatic N) is 1. The molecule has 0 spiro atoms. The normalized spacial score (nSPS) is 28.9. The molecular weight excluding hydrogens is 254 g/mol. The summed E-state index contributed by atoms with van der Waals surface area (Å²) in [6, 6.07) is 0.984. The maximum absolute atomic E-state index is 11.8. The molecule has 116 valence electrons. The van der Waals surface area contributed by atoms with Gasteiger partial charge < -0.3 is 15.4 Å². The maximum atomic E-state index is 11.8. The quantitative estimate of drug-likeness (QED) is 0.810. The molecule has 1 aliphatic heterocycles. The third-order valence-electron chi connectivity index (χ3n) is 4.09. The molecule has 0 aromatic carbocycles. The van der Waals surface area contributed by atoms with Gasteiger partial charge in [0.25, 0.3) is 0 Å². The number of nitrogens with one attached hydrogen (secondary N) is 2. The van der Waals surface area contributed by atoms with Crippen LogP contribution in [0, 0.1) is 0 Å². The van der Waals surface area contributed by atoms with Gasteiger partial charge in [0.15, 0.2) is 0 Å². The summed E-state index contributed by atoms with van der Waals surface area (Å²) in [4.78, 5) is 14.4. The zero-order valence-electron chi connectivity index (χ0n) is 13.1. The van der Waals surface area contributed by atoms with Gasteiger partial charge in [0.1, 0.15) is 5.60 Å². The average Bonchev–Trinajstić information content (AvgIpc) is 2.38. The largest absolute Gasteiger partial charge is 0.444 e. The van der Waals surface area contributed by atoms with E-state index in [0.29, 0.717) is 6.04 Å². The topological polar surface area (TPSA) is 53.6 Å². The van der Waals surface area contributed by atoms with Crippen LogP contribution in [0.3, 0.4) is 0 Å². The van der Waals surface area contributed by atoms with Crippen molar-refractivity contribution in [2.45, 2.75) is 64.1 Å². The zero-order chi connectivity index (χ0) is 14.6. The number of hydrogen-bond acceptors (Lipinski definition) is 4. The summed E-state index contributed by atoms with van der Waals surface area (Å²) in [5, 5.41) is 6.40. The number of hydrogen-bond donors (Lipinski definition) is 2. The first-order valence-electron chi connectivity index (χ1n) is 7.88. The fraction of sp³-hybridized carbons (Fsp3) is 0.933. The van der Waals surface area contributed by atoms with Crippen LogP contribution in [0.2, 0.25) is 0 Å². The van der Waals surface area contributed by atoms with Gasteiger partial charge in [-0.3, -0.25) is 4.90 Å². The van der Waals surface area contributed by atoms with Crippen LogP contribution in [0.5, 0.6) is 0 Å². The highest BCUT2D eigenvalue weighted by Crippen LogP contribution is 2.23. The molecule has 0 aromatic heterocycles. The fourth-order valence-corrected chi connectivity index (χ4v) is 3.11. The molecule has 5 nitrogen and oxygen atoms in total. The van der Waals surface area contributed by atoms with E-state index in [1.165, 1.54) is 12.8 Å². The Morgan fingerprint density at radius 3 is 2.30 bits per heavy atom. The monoisotopic (exact) mass is 283 g/mol. The Hall–Kier alpha value is -0.810. The smallest absolute Gasteiger partial charge is 0.407 e. The van der Waals surface area contributed by atoms with Gasteiger partial charge >= 0.3 is 6.09 Å². The van der Waals surface area contributed by atoms with E-state index in [1.807, 2.05) is 20.8 Å². The van der Waals surface area contributed by atoms with Crippen molar-refractivity contribution in [2.24, 2.45) is 0 Å². The van der Waals surface area contributed by atoms with Gasteiger partial charge in [0, 0.05) is 38.3 Å². The van der Waals surface area contributed by atoms with Crippen molar-refractivity contribution in [3.05, 3.63) is 0 Å². The first kappa shape index (κ1) is 15.6. The second kappa shape index (κ2) is 6.76. The number of carbonyl (C=O) groups excluding carboxylic acids is 1. The van der Waals surface area contributed by atoms with E-state index >= 15 is 0 Å². The van der Waals surface area contributed by atoms with Crippen LogP contribution >= 0.6 is 0 Å². The molecule has 1 heterocycles. The molecule has 0 unspecified atom stereocenters. The number of ether oxygens (including phenoxy) is 1. The van der Waals surface area contributed by atoms with Crippen molar-refractivity contribution in [1.29, 1.82) is 0 Å². The van der Waals surface area contributed by atoms with Crippen molar-refractivity contribution >= 4 is 6.09 Å². The van der Waals surface area contributed by atoms with Crippen LogP contribution in [-0.4, -0.2) is 54.9 Å². The molecule has 0 bridgehead atoms. The lowest BCUT2D eigenvalue weighted by molar-refractivity contribution is 0.0474. The minimum absolute atomic E-state index is 0.275. The number of amides is 1. The van der Waals surface area contributed by atoms with Crippen molar-refractivity contribution in [1.82, 2.24) is 15.5 Å². The third kappa shape index (κ3) is 4.94. The molecule has 0 radical (unpaired) electrons. The molecule has 0 atom stereocenters. The molecule has 20 heavy (non-hydrogen) atoms. The molecule has 5 heteroatoms. The van der Waals surface area contributed by atoms with E-state index in [-0.39, 0.29) is 12.1 Å². The lowest BCUT2D eigenvalue weighted by Crippen LogP contribution is -2.51. The molecule has 2 N–H and O–H groups in total. The summed E-state index contributed by atoms with van der Waals surface area (Å²) in [7, 11) is 0. The first-order valence-corrected chi connectivity index (χ1v) is 7.88.